The van der Waals surface area contributed by atoms with Crippen molar-refractivity contribution in [2.75, 3.05) is 17.9 Å². The summed E-state index contributed by atoms with van der Waals surface area (Å²) in [6, 6.07) is 6.47. The lowest BCUT2D eigenvalue weighted by Crippen LogP contribution is -2.51. The summed E-state index contributed by atoms with van der Waals surface area (Å²) >= 11 is 0. The molecule has 1 fully saturated rings. The van der Waals surface area contributed by atoms with Crippen molar-refractivity contribution in [2.45, 2.75) is 46.1 Å². The van der Waals surface area contributed by atoms with Crippen LogP contribution in [-0.2, 0) is 10.2 Å². The molecule has 1 amide bonds. The van der Waals surface area contributed by atoms with Gasteiger partial charge in [0.25, 0.3) is 10.2 Å². The third kappa shape index (κ3) is 6.24. The molecule has 2 unspecified atom stereocenters. The van der Waals surface area contributed by atoms with Crippen molar-refractivity contribution < 1.29 is 23.1 Å². The van der Waals surface area contributed by atoms with Crippen LogP contribution in [0.4, 0.5) is 10.5 Å². The number of carbonyl (C=O) groups is 1. The number of nitrogens with two attached hydrogens (primary N) is 1. The fourth-order valence-electron chi connectivity index (χ4n) is 3.69. The quantitative estimate of drug-likeness (QED) is 0.640. The molecule has 1 aromatic rings. The van der Waals surface area contributed by atoms with E-state index in [1.54, 1.807) is 12.1 Å². The number of nitrogens with zero attached hydrogens (tertiary/aromatic N) is 2. The Bertz CT molecular complexity index is 889. The minimum Gasteiger partial charge on any atom is -0.492 e. The van der Waals surface area contributed by atoms with Gasteiger partial charge in [0.2, 0.25) is 0 Å². The minimum absolute atomic E-state index is 0.0646. The molecule has 1 saturated heterocycles. The third-order valence-corrected chi connectivity index (χ3v) is 5.63. The Morgan fingerprint density at radius 3 is 2.69 bits per heavy atom. The first kappa shape index (κ1) is 22.8. The van der Waals surface area contributed by atoms with Crippen molar-refractivity contribution in [3.05, 3.63) is 23.8 Å². The number of likely N-dealkylation sites (tertiary alicyclic amines) is 1. The maximum atomic E-state index is 11.5. The Morgan fingerprint density at radius 2 is 2.14 bits per heavy atom. The van der Waals surface area contributed by atoms with Gasteiger partial charge in [-0.25, -0.2) is 9.93 Å². The summed E-state index contributed by atoms with van der Waals surface area (Å²) in [6.07, 6.45) is 1.31. The fourth-order valence-corrected chi connectivity index (χ4v) is 4.17. The summed E-state index contributed by atoms with van der Waals surface area (Å²) < 4.78 is 30.4. The molecule has 2 rings (SSSR count). The molecule has 0 aromatic heterocycles. The standard InChI is InChI=1S/C19H28N4O5S/c1-19(2,3)17-11-13(7-9-23(17)18(24)25)8-10-28-16-6-4-5-15(14(16)12-20)22-29(21,26)27/h4-6,13,17,22H,7-11H2,1-3H3,(H,24,25)(H2,21,26,27). The molecule has 0 spiro atoms. The monoisotopic (exact) mass is 424 g/mol. The molecule has 4 N–H and O–H groups in total. The van der Waals surface area contributed by atoms with Crippen molar-refractivity contribution in [1.29, 1.82) is 5.26 Å². The van der Waals surface area contributed by atoms with Crippen LogP contribution in [-0.4, -0.2) is 43.7 Å². The molecule has 10 heteroatoms. The van der Waals surface area contributed by atoms with Crippen LogP contribution in [0.2, 0.25) is 0 Å². The average molecular weight is 425 g/mol. The number of hydrogen-bond acceptors (Lipinski definition) is 5. The zero-order chi connectivity index (χ0) is 21.8. The zero-order valence-corrected chi connectivity index (χ0v) is 17.7. The topological polar surface area (TPSA) is 146 Å². The number of ether oxygens (including phenoxy) is 1. The molecule has 1 aliphatic heterocycles. The van der Waals surface area contributed by atoms with Gasteiger partial charge >= 0.3 is 6.09 Å². The Labute approximate surface area is 171 Å². The molecule has 0 saturated carbocycles. The molecule has 0 bridgehead atoms. The summed E-state index contributed by atoms with van der Waals surface area (Å²) in [5.41, 5.74) is -0.0376. The summed E-state index contributed by atoms with van der Waals surface area (Å²) in [4.78, 5) is 13.1. The van der Waals surface area contributed by atoms with E-state index in [9.17, 15) is 23.6 Å². The van der Waals surface area contributed by atoms with Crippen LogP contribution < -0.4 is 14.6 Å². The van der Waals surface area contributed by atoms with E-state index < -0.39 is 16.3 Å². The van der Waals surface area contributed by atoms with Gasteiger partial charge in [-0.05, 0) is 42.7 Å². The highest BCUT2D eigenvalue weighted by molar-refractivity contribution is 7.90. The van der Waals surface area contributed by atoms with Crippen LogP contribution in [0.15, 0.2) is 18.2 Å². The largest absolute Gasteiger partial charge is 0.492 e. The van der Waals surface area contributed by atoms with E-state index in [2.05, 4.69) is 4.72 Å². The molecule has 29 heavy (non-hydrogen) atoms. The van der Waals surface area contributed by atoms with E-state index in [4.69, 9.17) is 9.88 Å². The number of nitrogens with one attached hydrogen (secondary N) is 1. The smallest absolute Gasteiger partial charge is 0.407 e. The summed E-state index contributed by atoms with van der Waals surface area (Å²) in [5.74, 6) is 0.572. The van der Waals surface area contributed by atoms with Gasteiger partial charge in [0.1, 0.15) is 17.4 Å². The lowest BCUT2D eigenvalue weighted by atomic mass is 9.76. The van der Waals surface area contributed by atoms with Gasteiger partial charge in [-0.2, -0.15) is 13.7 Å². The minimum atomic E-state index is -4.01. The van der Waals surface area contributed by atoms with Crippen LogP contribution in [0.1, 0.15) is 45.6 Å². The second-order valence-corrected chi connectivity index (χ2v) is 9.62. The number of carboxylic acid groups (broad SMARTS) is 1. The number of amides is 1. The van der Waals surface area contributed by atoms with E-state index in [0.717, 1.165) is 12.8 Å². The van der Waals surface area contributed by atoms with E-state index >= 15 is 0 Å². The Hall–Kier alpha value is -2.51. The fraction of sp³-hybridized carbons (Fsp3) is 0.579. The Morgan fingerprint density at radius 1 is 1.45 bits per heavy atom. The lowest BCUT2D eigenvalue weighted by Gasteiger charge is -2.44. The Balaban J connectivity index is 2.03. The van der Waals surface area contributed by atoms with Crippen LogP contribution in [0.5, 0.6) is 5.75 Å². The van der Waals surface area contributed by atoms with Crippen LogP contribution in [0.3, 0.4) is 0 Å². The van der Waals surface area contributed by atoms with Crippen molar-refractivity contribution in [1.82, 2.24) is 4.90 Å². The Kier molecular flexibility index (Phi) is 6.97. The van der Waals surface area contributed by atoms with Gasteiger partial charge in [-0.3, -0.25) is 4.72 Å². The lowest BCUT2D eigenvalue weighted by molar-refractivity contribution is 0.0364. The second-order valence-electron chi connectivity index (χ2n) is 8.32. The second kappa shape index (κ2) is 8.88. The van der Waals surface area contributed by atoms with Crippen molar-refractivity contribution >= 4 is 22.0 Å². The highest BCUT2D eigenvalue weighted by atomic mass is 32.2. The predicted molar refractivity (Wildman–Crippen MR) is 109 cm³/mol. The van der Waals surface area contributed by atoms with E-state index in [-0.39, 0.29) is 28.5 Å². The van der Waals surface area contributed by atoms with E-state index in [0.29, 0.717) is 25.5 Å². The van der Waals surface area contributed by atoms with Crippen LogP contribution in [0, 0.1) is 22.7 Å². The van der Waals surface area contributed by atoms with Crippen molar-refractivity contribution in [3.8, 4) is 11.8 Å². The molecular weight excluding hydrogens is 396 g/mol. The molecule has 1 aliphatic rings. The van der Waals surface area contributed by atoms with E-state index in [1.807, 2.05) is 26.8 Å². The molecule has 1 heterocycles. The van der Waals surface area contributed by atoms with Crippen LogP contribution >= 0.6 is 0 Å². The summed E-state index contributed by atoms with van der Waals surface area (Å²) in [7, 11) is -4.01. The van der Waals surface area contributed by atoms with Crippen molar-refractivity contribution in [3.63, 3.8) is 0 Å². The number of piperidine rings is 1. The molecular formula is C19H28N4O5S. The number of rotatable bonds is 6. The molecule has 160 valence electrons. The first-order chi connectivity index (χ1) is 13.4. The number of benzene rings is 1. The number of hydrogen-bond donors (Lipinski definition) is 3. The van der Waals surface area contributed by atoms with Gasteiger partial charge in [-0.15, -0.1) is 0 Å². The first-order valence-electron chi connectivity index (χ1n) is 9.38. The predicted octanol–water partition coefficient (Wildman–Crippen LogP) is 2.75. The maximum absolute atomic E-state index is 11.5. The summed E-state index contributed by atoms with van der Waals surface area (Å²) in [6.45, 7) is 6.93. The molecule has 0 radical (unpaired) electrons. The third-order valence-electron chi connectivity index (χ3n) is 5.13. The molecule has 1 aromatic carbocycles. The van der Waals surface area contributed by atoms with Gasteiger partial charge in [0.05, 0.1) is 12.3 Å². The highest BCUT2D eigenvalue weighted by Crippen LogP contribution is 2.36. The van der Waals surface area contributed by atoms with Crippen molar-refractivity contribution in [2.24, 2.45) is 16.5 Å². The zero-order valence-electron chi connectivity index (χ0n) is 16.9. The number of anilines is 1. The maximum Gasteiger partial charge on any atom is 0.407 e. The van der Waals surface area contributed by atoms with Gasteiger partial charge in [-0.1, -0.05) is 26.8 Å². The first-order valence-corrected chi connectivity index (χ1v) is 10.9. The van der Waals surface area contributed by atoms with Gasteiger partial charge < -0.3 is 14.7 Å². The molecule has 0 aliphatic carbocycles. The highest BCUT2D eigenvalue weighted by Gasteiger charge is 2.38. The SMILES string of the molecule is CC(C)(C)C1CC(CCOc2cccc(NS(N)(=O)=O)c2C#N)CCN1C(=O)O. The van der Waals surface area contributed by atoms with Gasteiger partial charge in [0.15, 0.2) is 0 Å². The number of nitriles is 1. The average Bonchev–Trinajstić information content (AvgIpc) is 2.59. The van der Waals surface area contributed by atoms with E-state index in [1.165, 1.54) is 11.0 Å². The normalized spacial score (nSPS) is 20.0. The van der Waals surface area contributed by atoms with Gasteiger partial charge in [0, 0.05) is 12.6 Å². The molecule has 2 atom stereocenters. The summed E-state index contributed by atoms with van der Waals surface area (Å²) in [5, 5.41) is 23.8. The molecule has 9 nitrogen and oxygen atoms in total. The van der Waals surface area contributed by atoms with Crippen LogP contribution in [0.25, 0.3) is 0 Å².